The minimum Gasteiger partial charge on any atom is -0.508 e. The van der Waals surface area contributed by atoms with E-state index in [0.29, 0.717) is 56.3 Å². The van der Waals surface area contributed by atoms with Crippen molar-refractivity contribution in [2.24, 2.45) is 17.3 Å². The minimum absolute atomic E-state index is 0.0199. The number of phenolic OH excluding ortho intramolecular Hbond substituents is 1. The van der Waals surface area contributed by atoms with Gasteiger partial charge in [0.15, 0.2) is 0 Å². The molecule has 3 amide bonds. The molecule has 0 aliphatic carbocycles. The molecule has 8 rings (SSSR count). The van der Waals surface area contributed by atoms with Crippen molar-refractivity contribution in [1.82, 2.24) is 39.4 Å². The predicted molar refractivity (Wildman–Crippen MR) is 266 cm³/mol. The number of ether oxygens (including phenoxy) is 2. The van der Waals surface area contributed by atoms with Crippen molar-refractivity contribution in [3.8, 4) is 28.1 Å². The van der Waals surface area contributed by atoms with Gasteiger partial charge in [-0.15, -0.1) is 0 Å². The molecule has 6 heterocycles. The average molecular weight is 983 g/mol. The van der Waals surface area contributed by atoms with Gasteiger partial charge in [-0.3, -0.25) is 34.1 Å². The summed E-state index contributed by atoms with van der Waals surface area (Å²) in [4.78, 5) is 65.5. The number of likely N-dealkylation sites (N-methyl/N-ethyl adjacent to an activating group) is 2. The number of rotatable bonds is 11. The van der Waals surface area contributed by atoms with Crippen LogP contribution in [0, 0.1) is 17.3 Å². The molecule has 2 aromatic carbocycles. The van der Waals surface area contributed by atoms with E-state index < -0.39 is 62.6 Å². The summed E-state index contributed by atoms with van der Waals surface area (Å²) in [6, 6.07) is 12.4. The molecule has 70 heavy (non-hydrogen) atoms. The molecule has 2 aromatic heterocycles. The number of nitrogens with zero attached hydrogens (tertiary/aromatic N) is 6. The molecule has 0 radical (unpaired) electrons. The number of cyclic esters (lactones) is 1. The molecule has 0 spiro atoms. The van der Waals surface area contributed by atoms with E-state index in [1.165, 1.54) is 14.2 Å². The first-order chi connectivity index (χ1) is 33.2. The summed E-state index contributed by atoms with van der Waals surface area (Å²) in [7, 11) is 1.53. The lowest BCUT2D eigenvalue weighted by molar-refractivity contribution is -0.155. The van der Waals surface area contributed by atoms with Crippen LogP contribution in [0.25, 0.3) is 33.3 Å². The third-order valence-corrected chi connectivity index (χ3v) is 16.9. The first-order valence-electron chi connectivity index (χ1n) is 24.7. The summed E-state index contributed by atoms with van der Waals surface area (Å²) in [6.45, 7) is 13.8. The standard InChI is InChI=1S/C52H70N8O9S/c1-10-59-43-16-15-35-27-39(43)40(47(59)38-13-11-19-53-45(38)32(4)68-9)28-52(5,6)30-69-51(65)41-14-12-20-60(55-41)50(64)42(25-33-23-36(35)26-37(61)24-33)54-48(62)46(31(2)3)57(8)49(63)34-17-21-58(22-18-34)70(66,67)44-29-56(44)7/h11,13,15-16,19,23-24,26-27,31-32,34,41-42,44,46,55,61H,10,12,14,17-18,20-22,25,28-30H2,1-9H3,(H,54,62)/t32-,41-,42-,44+,46-,56?/m0/s1. The zero-order valence-corrected chi connectivity index (χ0v) is 42.8. The number of aromatic nitrogens is 2. The van der Waals surface area contributed by atoms with E-state index in [-0.39, 0.29) is 56.3 Å². The molecule has 4 aliphatic heterocycles. The van der Waals surface area contributed by atoms with Gasteiger partial charge in [0, 0.05) is 87.3 Å². The Labute approximate surface area is 411 Å². The van der Waals surface area contributed by atoms with E-state index in [2.05, 4.69) is 54.3 Å². The topological polar surface area (TPSA) is 196 Å². The smallest absolute Gasteiger partial charge is 0.324 e. The van der Waals surface area contributed by atoms with Gasteiger partial charge >= 0.3 is 5.97 Å². The number of hydrogen-bond acceptors (Lipinski definition) is 12. The van der Waals surface area contributed by atoms with Crippen LogP contribution in [-0.2, 0) is 58.1 Å². The van der Waals surface area contributed by atoms with Crippen LogP contribution >= 0.6 is 0 Å². The maximum atomic E-state index is 14.8. The highest BCUT2D eigenvalue weighted by Gasteiger charge is 2.47. The van der Waals surface area contributed by atoms with Crippen molar-refractivity contribution in [2.45, 2.75) is 116 Å². The Balaban J connectivity index is 1.15. The molecule has 3 saturated heterocycles. The normalized spacial score (nSPS) is 23.4. The molecule has 6 atom stereocenters. The van der Waals surface area contributed by atoms with Gasteiger partial charge in [-0.2, -0.15) is 0 Å². The molecule has 3 fully saturated rings. The Morgan fingerprint density at radius 1 is 1.04 bits per heavy atom. The number of pyridine rings is 1. The SMILES string of the molecule is CCn1c(-c2cccnc2[C@H](C)OC)c2c3cc(ccc31)-c1cc(O)cc(c1)C[C@H](NC(=O)[C@H](C(C)C)N(C)C(=O)C1CCN(S(=O)(=O)[C@@H]3CN3C)CC1)C(=O)N1CCC[C@H](N1)C(=O)OCC(C)(C)C2. The lowest BCUT2D eigenvalue weighted by Crippen LogP contribution is -2.62. The quantitative estimate of drug-likeness (QED) is 0.131. The highest BCUT2D eigenvalue weighted by Crippen LogP contribution is 2.42. The van der Waals surface area contributed by atoms with Crippen molar-refractivity contribution in [2.75, 3.05) is 54.0 Å². The third-order valence-electron chi connectivity index (χ3n) is 14.7. The first kappa shape index (κ1) is 51.0. The summed E-state index contributed by atoms with van der Waals surface area (Å²) < 4.78 is 41.9. The minimum atomic E-state index is -3.49. The second-order valence-corrected chi connectivity index (χ2v) is 22.9. The van der Waals surface area contributed by atoms with Gasteiger partial charge in [0.1, 0.15) is 29.2 Å². The second-order valence-electron chi connectivity index (χ2n) is 20.8. The van der Waals surface area contributed by atoms with Crippen LogP contribution in [0.2, 0.25) is 0 Å². The van der Waals surface area contributed by atoms with Crippen LogP contribution in [0.3, 0.4) is 0 Å². The van der Waals surface area contributed by atoms with Crippen LogP contribution in [0.15, 0.2) is 54.7 Å². The maximum Gasteiger partial charge on any atom is 0.324 e. The summed E-state index contributed by atoms with van der Waals surface area (Å²) >= 11 is 0. The van der Waals surface area contributed by atoms with E-state index in [4.69, 9.17) is 14.5 Å². The molecule has 18 heteroatoms. The van der Waals surface area contributed by atoms with Crippen LogP contribution in [0.5, 0.6) is 5.75 Å². The zero-order valence-electron chi connectivity index (χ0n) is 42.0. The van der Waals surface area contributed by atoms with Gasteiger partial charge in [0.2, 0.25) is 21.8 Å². The lowest BCUT2D eigenvalue weighted by atomic mass is 9.84. The van der Waals surface area contributed by atoms with Gasteiger partial charge in [0.25, 0.3) is 5.91 Å². The number of hydrogen-bond donors (Lipinski definition) is 3. The molecule has 3 N–H and O–H groups in total. The molecular formula is C52H70N8O9S. The van der Waals surface area contributed by atoms with Crippen molar-refractivity contribution in [3.05, 3.63) is 71.5 Å². The van der Waals surface area contributed by atoms with Crippen LogP contribution in [0.1, 0.15) is 90.2 Å². The van der Waals surface area contributed by atoms with Gasteiger partial charge < -0.3 is 29.4 Å². The predicted octanol–water partition coefficient (Wildman–Crippen LogP) is 5.25. The Kier molecular flexibility index (Phi) is 14.8. The molecule has 0 saturated carbocycles. The Hall–Kier alpha value is -5.40. The summed E-state index contributed by atoms with van der Waals surface area (Å²) in [6.07, 6.45) is 3.57. The molecule has 17 nitrogen and oxygen atoms in total. The number of piperidine rings is 1. The first-order valence-corrected chi connectivity index (χ1v) is 26.2. The molecular weight excluding hydrogens is 913 g/mol. The number of fused-ring (bicyclic) bond motifs is 6. The average Bonchev–Trinajstić information content (AvgIpc) is 4.02. The number of benzene rings is 2. The van der Waals surface area contributed by atoms with Crippen LogP contribution in [-0.4, -0.2) is 143 Å². The Morgan fingerprint density at radius 3 is 2.44 bits per heavy atom. The molecule has 4 aromatic rings. The summed E-state index contributed by atoms with van der Waals surface area (Å²) in [5.74, 6) is -2.65. The number of nitrogens with one attached hydrogen (secondary N) is 2. The van der Waals surface area contributed by atoms with Gasteiger partial charge in [-0.1, -0.05) is 39.8 Å². The van der Waals surface area contributed by atoms with Crippen molar-refractivity contribution < 1.29 is 42.2 Å². The monoisotopic (exact) mass is 982 g/mol. The number of aryl methyl sites for hydroxylation is 1. The van der Waals surface area contributed by atoms with E-state index in [1.807, 2.05) is 39.0 Å². The number of methoxy groups -OCH3 is 1. The fraction of sp³-hybridized carbons (Fsp3) is 0.558. The number of carbonyl (C=O) groups is 4. The van der Waals surface area contributed by atoms with E-state index in [0.717, 1.165) is 39.0 Å². The summed E-state index contributed by atoms with van der Waals surface area (Å²) in [5, 5.41) is 16.2. The second kappa shape index (κ2) is 20.4. The number of carbonyl (C=O) groups excluding carboxylic acids is 4. The number of amides is 3. The van der Waals surface area contributed by atoms with Crippen molar-refractivity contribution in [3.63, 3.8) is 0 Å². The molecule has 4 aliphatic rings. The van der Waals surface area contributed by atoms with Gasteiger partial charge in [0.05, 0.1) is 24.1 Å². The number of aromatic hydroxyl groups is 1. The Morgan fingerprint density at radius 2 is 1.77 bits per heavy atom. The van der Waals surface area contributed by atoms with Gasteiger partial charge in [-0.25, -0.2) is 18.1 Å². The van der Waals surface area contributed by atoms with Crippen molar-refractivity contribution in [1.29, 1.82) is 0 Å². The van der Waals surface area contributed by atoms with E-state index in [1.54, 1.807) is 44.4 Å². The number of phenols is 1. The highest BCUT2D eigenvalue weighted by molar-refractivity contribution is 7.90. The molecule has 6 bridgehead atoms. The van der Waals surface area contributed by atoms with Crippen molar-refractivity contribution >= 4 is 44.6 Å². The molecule has 1 unspecified atom stereocenters. The van der Waals surface area contributed by atoms with Crippen LogP contribution < -0.4 is 10.7 Å². The fourth-order valence-corrected chi connectivity index (χ4v) is 12.7. The lowest BCUT2D eigenvalue weighted by Gasteiger charge is -2.38. The zero-order chi connectivity index (χ0) is 50.4. The Bertz CT molecular complexity index is 2750. The fourth-order valence-electron chi connectivity index (χ4n) is 10.7. The number of hydrazine groups is 1. The van der Waals surface area contributed by atoms with E-state index >= 15 is 0 Å². The number of esters is 1. The maximum absolute atomic E-state index is 14.8. The third kappa shape index (κ3) is 10.3. The molecule has 378 valence electrons. The number of sulfonamides is 1. The largest absolute Gasteiger partial charge is 0.508 e. The van der Waals surface area contributed by atoms with Gasteiger partial charge in [-0.05, 0) is 118 Å². The van der Waals surface area contributed by atoms with E-state index in [9.17, 15) is 32.7 Å². The highest BCUT2D eigenvalue weighted by atomic mass is 32.2. The van der Waals surface area contributed by atoms with Crippen LogP contribution in [0.4, 0.5) is 0 Å². The summed E-state index contributed by atoms with van der Waals surface area (Å²) in [5.41, 5.74) is 9.47.